The molecule has 0 aliphatic carbocycles. The van der Waals surface area contributed by atoms with Crippen LogP contribution in [0.2, 0.25) is 0 Å². The summed E-state index contributed by atoms with van der Waals surface area (Å²) in [6.45, 7) is 8.94. The van der Waals surface area contributed by atoms with Crippen molar-refractivity contribution in [2.24, 2.45) is 10.8 Å². The van der Waals surface area contributed by atoms with Crippen molar-refractivity contribution in [1.29, 1.82) is 0 Å². The van der Waals surface area contributed by atoms with E-state index in [4.69, 9.17) is 0 Å². The van der Waals surface area contributed by atoms with Crippen LogP contribution in [0.15, 0.2) is 0 Å². The number of ether oxygens (including phenoxy) is 1. The quantitative estimate of drug-likeness (QED) is 0.410. The summed E-state index contributed by atoms with van der Waals surface area (Å²) < 4.78 is 4.65. The van der Waals surface area contributed by atoms with Crippen LogP contribution in [-0.4, -0.2) is 18.9 Å². The predicted octanol–water partition coefficient (Wildman–Crippen LogP) is 2.19. The molecule has 0 aliphatic rings. The topological polar surface area (TPSA) is 43.4 Å². The van der Waals surface area contributed by atoms with Crippen LogP contribution in [0, 0.1) is 22.7 Å². The molecule has 0 aromatic rings. The fraction of sp³-hybridized carbons (Fsp3) is 0.692. The van der Waals surface area contributed by atoms with Crippen LogP contribution in [0.1, 0.15) is 41.0 Å². The maximum absolute atomic E-state index is 11.5. The minimum Gasteiger partial charge on any atom is -0.469 e. The minimum atomic E-state index is -0.667. The van der Waals surface area contributed by atoms with E-state index in [0.717, 1.165) is 0 Å². The zero-order valence-corrected chi connectivity index (χ0v) is 10.9. The Kier molecular flexibility index (Phi) is 4.74. The van der Waals surface area contributed by atoms with E-state index >= 15 is 0 Å². The molecule has 0 saturated heterocycles. The highest BCUT2D eigenvalue weighted by Crippen LogP contribution is 2.21. The third-order valence-corrected chi connectivity index (χ3v) is 2.15. The Morgan fingerprint density at radius 2 is 1.62 bits per heavy atom. The van der Waals surface area contributed by atoms with Gasteiger partial charge in [0.05, 0.1) is 12.5 Å². The van der Waals surface area contributed by atoms with Gasteiger partial charge in [0.15, 0.2) is 0 Å². The summed E-state index contributed by atoms with van der Waals surface area (Å²) in [4.78, 5) is 22.8. The van der Waals surface area contributed by atoms with Crippen molar-refractivity contribution in [2.45, 2.75) is 41.0 Å². The Morgan fingerprint density at radius 3 is 2.00 bits per heavy atom. The lowest BCUT2D eigenvalue weighted by atomic mass is 9.88. The lowest BCUT2D eigenvalue weighted by molar-refractivity contribution is -0.150. The molecule has 0 aliphatic heterocycles. The van der Waals surface area contributed by atoms with Crippen LogP contribution in [0.3, 0.4) is 0 Å². The van der Waals surface area contributed by atoms with Gasteiger partial charge < -0.3 is 4.74 Å². The van der Waals surface area contributed by atoms with Crippen LogP contribution < -0.4 is 0 Å². The summed E-state index contributed by atoms with van der Waals surface area (Å²) in [6, 6.07) is 0. The molecule has 0 heterocycles. The van der Waals surface area contributed by atoms with Gasteiger partial charge in [-0.3, -0.25) is 9.59 Å². The van der Waals surface area contributed by atoms with Crippen LogP contribution in [-0.2, 0) is 14.3 Å². The van der Waals surface area contributed by atoms with Crippen molar-refractivity contribution in [2.75, 3.05) is 7.11 Å². The second-order valence-corrected chi connectivity index (χ2v) is 5.43. The highest BCUT2D eigenvalue weighted by Gasteiger charge is 2.27. The molecular formula is C13H20O3. The second kappa shape index (κ2) is 5.16. The first-order valence-corrected chi connectivity index (χ1v) is 5.23. The average molecular weight is 224 g/mol. The molecule has 0 fully saturated rings. The van der Waals surface area contributed by atoms with Gasteiger partial charge in [0.2, 0.25) is 5.78 Å². The van der Waals surface area contributed by atoms with E-state index in [9.17, 15) is 9.59 Å². The molecule has 0 unspecified atom stereocenters. The van der Waals surface area contributed by atoms with Crippen LogP contribution in [0.4, 0.5) is 0 Å². The summed E-state index contributed by atoms with van der Waals surface area (Å²) >= 11 is 0. The van der Waals surface area contributed by atoms with Crippen LogP contribution >= 0.6 is 0 Å². The van der Waals surface area contributed by atoms with Gasteiger partial charge in [-0.25, -0.2) is 0 Å². The number of ketones is 1. The second-order valence-electron chi connectivity index (χ2n) is 5.43. The Bertz CT molecular complexity index is 334. The fourth-order valence-electron chi connectivity index (χ4n) is 0.881. The molecule has 0 bridgehead atoms. The van der Waals surface area contributed by atoms with Crippen LogP contribution in [0.5, 0.6) is 0 Å². The van der Waals surface area contributed by atoms with Gasteiger partial charge in [-0.15, -0.1) is 0 Å². The smallest absolute Gasteiger partial charge is 0.312 e. The van der Waals surface area contributed by atoms with E-state index in [-0.39, 0.29) is 11.8 Å². The molecule has 0 rings (SSSR count). The minimum absolute atomic E-state index is 0.117. The standard InChI is InChI=1S/C13H20O3/c1-12(2,3)10(14)8-7-9-13(4,5)11(15)16-6/h9H2,1-6H3. The van der Waals surface area contributed by atoms with E-state index in [1.165, 1.54) is 7.11 Å². The van der Waals surface area contributed by atoms with Crippen molar-refractivity contribution in [1.82, 2.24) is 0 Å². The molecule has 3 nitrogen and oxygen atoms in total. The molecule has 0 amide bonds. The molecule has 0 atom stereocenters. The van der Waals surface area contributed by atoms with E-state index in [1.807, 2.05) is 20.8 Å². The molecule has 0 aromatic heterocycles. The summed E-state index contributed by atoms with van der Waals surface area (Å²) in [6.07, 6.45) is 0.321. The monoisotopic (exact) mass is 224 g/mol. The maximum Gasteiger partial charge on any atom is 0.312 e. The maximum atomic E-state index is 11.5. The molecular weight excluding hydrogens is 204 g/mol. The normalized spacial score (nSPS) is 11.4. The van der Waals surface area contributed by atoms with Gasteiger partial charge in [0.25, 0.3) is 0 Å². The average Bonchev–Trinajstić information content (AvgIpc) is 2.14. The lowest BCUT2D eigenvalue weighted by Crippen LogP contribution is -2.25. The molecule has 16 heavy (non-hydrogen) atoms. The van der Waals surface area contributed by atoms with E-state index in [1.54, 1.807) is 13.8 Å². The van der Waals surface area contributed by atoms with Gasteiger partial charge in [0.1, 0.15) is 0 Å². The Balaban J connectivity index is 4.53. The van der Waals surface area contributed by atoms with Crippen molar-refractivity contribution in [3.8, 4) is 11.8 Å². The van der Waals surface area contributed by atoms with Gasteiger partial charge in [-0.1, -0.05) is 26.7 Å². The van der Waals surface area contributed by atoms with Crippen molar-refractivity contribution < 1.29 is 14.3 Å². The molecule has 0 spiro atoms. The largest absolute Gasteiger partial charge is 0.469 e. The third kappa shape index (κ3) is 4.48. The first-order chi connectivity index (χ1) is 7.11. The molecule has 0 saturated carbocycles. The summed E-state index contributed by atoms with van der Waals surface area (Å²) in [5.41, 5.74) is -1.12. The molecule has 3 heteroatoms. The van der Waals surface area contributed by atoms with Crippen molar-refractivity contribution in [3.63, 3.8) is 0 Å². The highest BCUT2D eigenvalue weighted by atomic mass is 16.5. The van der Waals surface area contributed by atoms with Crippen molar-refractivity contribution in [3.05, 3.63) is 0 Å². The Hall–Kier alpha value is -1.30. The van der Waals surface area contributed by atoms with Gasteiger partial charge in [-0.2, -0.15) is 0 Å². The van der Waals surface area contributed by atoms with E-state index in [2.05, 4.69) is 16.6 Å². The Morgan fingerprint density at radius 1 is 1.12 bits per heavy atom. The summed E-state index contributed by atoms with van der Waals surface area (Å²) in [5.74, 6) is 4.88. The molecule has 90 valence electrons. The summed E-state index contributed by atoms with van der Waals surface area (Å²) in [5, 5.41) is 0. The highest BCUT2D eigenvalue weighted by molar-refractivity contribution is 5.99. The third-order valence-electron chi connectivity index (χ3n) is 2.15. The van der Waals surface area contributed by atoms with Crippen molar-refractivity contribution >= 4 is 11.8 Å². The van der Waals surface area contributed by atoms with Gasteiger partial charge in [-0.05, 0) is 19.8 Å². The fourth-order valence-corrected chi connectivity index (χ4v) is 0.881. The van der Waals surface area contributed by atoms with Crippen LogP contribution in [0.25, 0.3) is 0 Å². The van der Waals surface area contributed by atoms with Gasteiger partial charge in [0, 0.05) is 11.8 Å². The number of methoxy groups -OCH3 is 1. The SMILES string of the molecule is COC(=O)C(C)(C)CC#CC(=O)C(C)(C)C. The first-order valence-electron chi connectivity index (χ1n) is 5.23. The first kappa shape index (κ1) is 14.7. The number of hydrogen-bond acceptors (Lipinski definition) is 3. The van der Waals surface area contributed by atoms with Gasteiger partial charge >= 0.3 is 5.97 Å². The number of rotatable bonds is 2. The zero-order chi connectivity index (χ0) is 13.0. The molecule has 0 aromatic carbocycles. The molecule has 0 radical (unpaired) electrons. The number of carbonyl (C=O) groups is 2. The number of esters is 1. The zero-order valence-electron chi connectivity index (χ0n) is 10.9. The van der Waals surface area contributed by atoms with E-state index < -0.39 is 10.8 Å². The molecule has 0 N–H and O–H groups in total. The number of Topliss-reactive ketones (excluding diaryl/α,β-unsaturated/α-hetero) is 1. The Labute approximate surface area is 97.6 Å². The predicted molar refractivity (Wildman–Crippen MR) is 62.7 cm³/mol. The lowest BCUT2D eigenvalue weighted by Gasteiger charge is -2.17. The summed E-state index contributed by atoms with van der Waals surface area (Å²) in [7, 11) is 1.35. The number of hydrogen-bond donors (Lipinski definition) is 0. The number of carbonyl (C=O) groups excluding carboxylic acids is 2. The van der Waals surface area contributed by atoms with E-state index in [0.29, 0.717) is 6.42 Å².